The molecule has 5 nitrogen and oxygen atoms in total. The van der Waals surface area contributed by atoms with Crippen LogP contribution in [0.5, 0.6) is 0 Å². The minimum atomic E-state index is -0.822. The maximum atomic E-state index is 12.1. The largest absolute Gasteiger partial charge is 0.481 e. The molecule has 5 heteroatoms. The van der Waals surface area contributed by atoms with E-state index in [0.29, 0.717) is 12.5 Å². The molecule has 1 atom stereocenters. The van der Waals surface area contributed by atoms with Gasteiger partial charge < -0.3 is 15.3 Å². The van der Waals surface area contributed by atoms with Crippen molar-refractivity contribution in [2.45, 2.75) is 70.9 Å². The van der Waals surface area contributed by atoms with Gasteiger partial charge >= 0.3 is 12.0 Å². The van der Waals surface area contributed by atoms with Gasteiger partial charge in [-0.2, -0.15) is 0 Å². The Kier molecular flexibility index (Phi) is 6.82. The molecule has 0 aliphatic heterocycles. The third-order valence-electron chi connectivity index (χ3n) is 4.42. The van der Waals surface area contributed by atoms with Gasteiger partial charge in [0, 0.05) is 25.6 Å². The van der Waals surface area contributed by atoms with Crippen molar-refractivity contribution in [3.8, 4) is 0 Å². The first-order valence-electron chi connectivity index (χ1n) is 7.69. The molecule has 1 fully saturated rings. The van der Waals surface area contributed by atoms with E-state index in [0.717, 1.165) is 18.8 Å². The summed E-state index contributed by atoms with van der Waals surface area (Å²) in [6, 6.07) is 0.139. The second-order valence-electron chi connectivity index (χ2n) is 5.98. The molecule has 0 aromatic rings. The van der Waals surface area contributed by atoms with Crippen LogP contribution in [-0.2, 0) is 4.79 Å². The maximum Gasteiger partial charge on any atom is 0.317 e. The van der Waals surface area contributed by atoms with Gasteiger partial charge in [-0.3, -0.25) is 4.79 Å². The van der Waals surface area contributed by atoms with Crippen molar-refractivity contribution in [2.75, 3.05) is 7.05 Å². The zero-order valence-corrected chi connectivity index (χ0v) is 12.9. The summed E-state index contributed by atoms with van der Waals surface area (Å²) >= 11 is 0. The summed E-state index contributed by atoms with van der Waals surface area (Å²) < 4.78 is 0. The fraction of sp³-hybridized carbons (Fsp3) is 0.867. The van der Waals surface area contributed by atoms with Gasteiger partial charge in [-0.25, -0.2) is 4.79 Å². The molecule has 1 aliphatic rings. The Hall–Kier alpha value is -1.26. The smallest absolute Gasteiger partial charge is 0.317 e. The summed E-state index contributed by atoms with van der Waals surface area (Å²) in [5.74, 6) is -0.00505. The first-order valence-corrected chi connectivity index (χ1v) is 7.69. The number of carboxylic acid groups (broad SMARTS) is 1. The highest BCUT2D eigenvalue weighted by Gasteiger charge is 2.26. The molecule has 2 amide bonds. The average Bonchev–Trinajstić information content (AvgIpc) is 2.44. The second-order valence-corrected chi connectivity index (χ2v) is 5.98. The van der Waals surface area contributed by atoms with Gasteiger partial charge in [0.2, 0.25) is 0 Å². The Bertz CT molecular complexity index is 325. The van der Waals surface area contributed by atoms with E-state index < -0.39 is 5.97 Å². The highest BCUT2D eigenvalue weighted by molar-refractivity contribution is 5.74. The van der Waals surface area contributed by atoms with Crippen LogP contribution in [0.1, 0.15) is 58.8 Å². The standard InChI is InChI=1S/C15H28N2O3/c1-4-12-6-8-13(9-7-12)17(3)15(20)16-11(2)5-10-14(18)19/h11-13H,4-10H2,1-3H3,(H,16,20)(H,18,19). The molecule has 1 unspecified atom stereocenters. The number of hydrogen-bond donors (Lipinski definition) is 2. The molecule has 0 radical (unpaired) electrons. The summed E-state index contributed by atoms with van der Waals surface area (Å²) in [7, 11) is 1.84. The number of nitrogens with zero attached hydrogens (tertiary/aromatic N) is 1. The topological polar surface area (TPSA) is 69.6 Å². The van der Waals surface area contributed by atoms with Crippen LogP contribution >= 0.6 is 0 Å². The van der Waals surface area contributed by atoms with E-state index in [9.17, 15) is 9.59 Å². The third-order valence-corrected chi connectivity index (χ3v) is 4.42. The Balaban J connectivity index is 2.33. The van der Waals surface area contributed by atoms with Gasteiger partial charge in [0.1, 0.15) is 0 Å². The van der Waals surface area contributed by atoms with Gasteiger partial charge in [0.25, 0.3) is 0 Å². The van der Waals surface area contributed by atoms with Gasteiger partial charge in [-0.1, -0.05) is 13.3 Å². The molecule has 1 rings (SSSR count). The van der Waals surface area contributed by atoms with Crippen LogP contribution in [0.2, 0.25) is 0 Å². The van der Waals surface area contributed by atoms with E-state index in [1.54, 1.807) is 4.90 Å². The lowest BCUT2D eigenvalue weighted by Gasteiger charge is -2.35. The summed E-state index contributed by atoms with van der Waals surface area (Å²) in [5.41, 5.74) is 0. The number of carbonyl (C=O) groups is 2. The highest BCUT2D eigenvalue weighted by atomic mass is 16.4. The van der Waals surface area contributed by atoms with Crippen molar-refractivity contribution in [2.24, 2.45) is 5.92 Å². The highest BCUT2D eigenvalue weighted by Crippen LogP contribution is 2.28. The first-order chi connectivity index (χ1) is 9.43. The average molecular weight is 284 g/mol. The SMILES string of the molecule is CCC1CCC(N(C)C(=O)NC(C)CCC(=O)O)CC1. The van der Waals surface area contributed by atoms with E-state index in [2.05, 4.69) is 12.2 Å². The zero-order chi connectivity index (χ0) is 15.1. The number of nitrogens with one attached hydrogen (secondary N) is 1. The minimum Gasteiger partial charge on any atom is -0.481 e. The van der Waals surface area contributed by atoms with Crippen molar-refractivity contribution in [1.29, 1.82) is 0 Å². The molecule has 0 aromatic heterocycles. The number of urea groups is 1. The molecular weight excluding hydrogens is 256 g/mol. The van der Waals surface area contributed by atoms with Gasteiger partial charge in [-0.15, -0.1) is 0 Å². The maximum absolute atomic E-state index is 12.1. The van der Waals surface area contributed by atoms with Crippen molar-refractivity contribution in [1.82, 2.24) is 10.2 Å². The Morgan fingerprint density at radius 1 is 1.30 bits per heavy atom. The predicted molar refractivity (Wildman–Crippen MR) is 78.7 cm³/mol. The van der Waals surface area contributed by atoms with Crippen LogP contribution in [0.25, 0.3) is 0 Å². The molecule has 1 aliphatic carbocycles. The van der Waals surface area contributed by atoms with E-state index in [-0.39, 0.29) is 18.5 Å². The molecule has 0 bridgehead atoms. The van der Waals surface area contributed by atoms with Crippen LogP contribution in [0.3, 0.4) is 0 Å². The molecule has 0 saturated heterocycles. The Labute approximate surface area is 121 Å². The van der Waals surface area contributed by atoms with Gasteiger partial charge in [-0.05, 0) is 44.9 Å². The lowest BCUT2D eigenvalue weighted by molar-refractivity contribution is -0.137. The lowest BCUT2D eigenvalue weighted by Crippen LogP contribution is -2.47. The van der Waals surface area contributed by atoms with E-state index in [4.69, 9.17) is 5.11 Å². The molecule has 0 aromatic carbocycles. The zero-order valence-electron chi connectivity index (χ0n) is 12.9. The van der Waals surface area contributed by atoms with Crippen LogP contribution in [0.15, 0.2) is 0 Å². The summed E-state index contributed by atoms with van der Waals surface area (Å²) in [6.07, 6.45) is 6.34. The molecular formula is C15H28N2O3. The predicted octanol–water partition coefficient (Wildman–Crippen LogP) is 2.85. The summed E-state index contributed by atoms with van der Waals surface area (Å²) in [4.78, 5) is 24.4. The van der Waals surface area contributed by atoms with Crippen molar-refractivity contribution < 1.29 is 14.7 Å². The van der Waals surface area contributed by atoms with Crippen LogP contribution in [0, 0.1) is 5.92 Å². The second kappa shape index (κ2) is 8.12. The van der Waals surface area contributed by atoms with E-state index in [1.807, 2.05) is 14.0 Å². The Morgan fingerprint density at radius 3 is 2.40 bits per heavy atom. The fourth-order valence-electron chi connectivity index (χ4n) is 2.83. The third kappa shape index (κ3) is 5.39. The first kappa shape index (κ1) is 16.8. The van der Waals surface area contributed by atoms with Crippen molar-refractivity contribution in [3.63, 3.8) is 0 Å². The molecule has 0 heterocycles. The van der Waals surface area contributed by atoms with E-state index >= 15 is 0 Å². The normalized spacial score (nSPS) is 23.9. The van der Waals surface area contributed by atoms with Crippen molar-refractivity contribution in [3.05, 3.63) is 0 Å². The summed E-state index contributed by atoms with van der Waals surface area (Å²) in [6.45, 7) is 4.08. The van der Waals surface area contributed by atoms with Gasteiger partial charge in [0.05, 0.1) is 0 Å². The monoisotopic (exact) mass is 284 g/mol. The van der Waals surface area contributed by atoms with Crippen LogP contribution < -0.4 is 5.32 Å². The van der Waals surface area contributed by atoms with E-state index in [1.165, 1.54) is 19.3 Å². The number of aliphatic carboxylic acids is 1. The number of carboxylic acids is 1. The van der Waals surface area contributed by atoms with Crippen LogP contribution in [-0.4, -0.2) is 41.1 Å². The summed E-state index contributed by atoms with van der Waals surface area (Å²) in [5, 5.41) is 11.5. The minimum absolute atomic E-state index is 0.0807. The molecule has 2 N–H and O–H groups in total. The van der Waals surface area contributed by atoms with Crippen LogP contribution in [0.4, 0.5) is 4.79 Å². The number of hydrogen-bond acceptors (Lipinski definition) is 2. The lowest BCUT2D eigenvalue weighted by atomic mass is 9.84. The number of amides is 2. The molecule has 1 saturated carbocycles. The number of rotatable bonds is 6. The molecule has 116 valence electrons. The van der Waals surface area contributed by atoms with Gasteiger partial charge in [0.15, 0.2) is 0 Å². The Morgan fingerprint density at radius 2 is 1.90 bits per heavy atom. The molecule has 0 spiro atoms. The van der Waals surface area contributed by atoms with Crippen molar-refractivity contribution >= 4 is 12.0 Å². The fourth-order valence-corrected chi connectivity index (χ4v) is 2.83. The quantitative estimate of drug-likeness (QED) is 0.788. The number of carbonyl (C=O) groups excluding carboxylic acids is 1. The molecule has 20 heavy (non-hydrogen) atoms.